The van der Waals surface area contributed by atoms with E-state index in [0.29, 0.717) is 0 Å². The summed E-state index contributed by atoms with van der Waals surface area (Å²) in [5.41, 5.74) is 2.45. The van der Waals surface area contributed by atoms with E-state index in [0.717, 1.165) is 19.6 Å². The zero-order chi connectivity index (χ0) is 14.9. The number of nitrogens with zero attached hydrogens (tertiary/aromatic N) is 1. The quantitative estimate of drug-likeness (QED) is 0.813. The van der Waals surface area contributed by atoms with Crippen molar-refractivity contribution < 1.29 is 17.5 Å². The van der Waals surface area contributed by atoms with Crippen LogP contribution in [0.4, 0.5) is 0 Å². The van der Waals surface area contributed by atoms with Crippen molar-refractivity contribution in [3.63, 3.8) is 0 Å². The molecule has 1 aromatic carbocycles. The summed E-state index contributed by atoms with van der Waals surface area (Å²) in [6.07, 6.45) is 0. The third kappa shape index (κ3) is 10.4. The molecule has 0 aliphatic heterocycles. The molecule has 0 atom stereocenters. The Morgan fingerprint density at radius 1 is 1.16 bits per heavy atom. The zero-order valence-electron chi connectivity index (χ0n) is 11.3. The zero-order valence-corrected chi connectivity index (χ0v) is 12.1. The Balaban J connectivity index is 0.000000555. The maximum absolute atomic E-state index is 8.74. The van der Waals surface area contributed by atoms with Crippen LogP contribution in [0.25, 0.3) is 5.57 Å². The molecular formula is C13H21NO4S. The van der Waals surface area contributed by atoms with E-state index >= 15 is 0 Å². The largest absolute Gasteiger partial charge is 0.394 e. The van der Waals surface area contributed by atoms with Crippen LogP contribution in [0.1, 0.15) is 19.4 Å². The summed E-state index contributed by atoms with van der Waals surface area (Å²) in [7, 11) is -4.67. The molecule has 1 aromatic rings. The van der Waals surface area contributed by atoms with Gasteiger partial charge in [0.05, 0.1) is 0 Å². The Hall–Kier alpha value is -1.21. The Morgan fingerprint density at radius 2 is 1.58 bits per heavy atom. The van der Waals surface area contributed by atoms with E-state index in [1.165, 1.54) is 11.1 Å². The van der Waals surface area contributed by atoms with E-state index in [4.69, 9.17) is 17.5 Å². The standard InChI is InChI=1S/C13H19N.H2O4S/c1-4-14(5-2)11-12(3)13-9-7-6-8-10-13;1-5(2,3)4/h6-10H,3-5,11H2,1-2H3;(H2,1,2,3,4). The van der Waals surface area contributed by atoms with Gasteiger partial charge in [0.15, 0.2) is 0 Å². The van der Waals surface area contributed by atoms with Gasteiger partial charge < -0.3 is 0 Å². The SMILES string of the molecule is C=C(CN(CC)CC)c1ccccc1.O=S(=O)(O)O. The molecule has 0 fully saturated rings. The Kier molecular flexibility index (Phi) is 8.26. The predicted octanol–water partition coefficient (Wildman–Crippen LogP) is 2.39. The Labute approximate surface area is 115 Å². The van der Waals surface area contributed by atoms with Crippen molar-refractivity contribution in [3.8, 4) is 0 Å². The highest BCUT2D eigenvalue weighted by atomic mass is 32.3. The van der Waals surface area contributed by atoms with Crippen LogP contribution in [-0.2, 0) is 10.4 Å². The summed E-state index contributed by atoms with van der Waals surface area (Å²) in [6.45, 7) is 11.6. The monoisotopic (exact) mass is 287 g/mol. The van der Waals surface area contributed by atoms with Gasteiger partial charge in [-0.05, 0) is 24.2 Å². The predicted molar refractivity (Wildman–Crippen MR) is 77.4 cm³/mol. The maximum Gasteiger partial charge on any atom is 0.394 e. The molecule has 0 saturated heterocycles. The van der Waals surface area contributed by atoms with Gasteiger partial charge in [0, 0.05) is 6.54 Å². The van der Waals surface area contributed by atoms with Crippen molar-refractivity contribution >= 4 is 16.0 Å². The minimum Gasteiger partial charge on any atom is -0.300 e. The van der Waals surface area contributed by atoms with Gasteiger partial charge in [0.1, 0.15) is 0 Å². The van der Waals surface area contributed by atoms with Crippen LogP contribution in [0.15, 0.2) is 36.9 Å². The molecule has 0 unspecified atom stereocenters. The van der Waals surface area contributed by atoms with E-state index < -0.39 is 10.4 Å². The summed E-state index contributed by atoms with van der Waals surface area (Å²) in [4.78, 5) is 2.37. The van der Waals surface area contributed by atoms with E-state index in [9.17, 15) is 0 Å². The van der Waals surface area contributed by atoms with Gasteiger partial charge in [-0.1, -0.05) is 50.8 Å². The molecule has 0 saturated carbocycles. The van der Waals surface area contributed by atoms with E-state index in [-0.39, 0.29) is 0 Å². The van der Waals surface area contributed by atoms with Crippen molar-refractivity contribution in [2.24, 2.45) is 0 Å². The first-order chi connectivity index (χ1) is 8.77. The Morgan fingerprint density at radius 3 is 1.95 bits per heavy atom. The fraction of sp³-hybridized carbons (Fsp3) is 0.385. The molecule has 2 N–H and O–H groups in total. The third-order valence-electron chi connectivity index (χ3n) is 2.49. The molecular weight excluding hydrogens is 266 g/mol. The van der Waals surface area contributed by atoms with Gasteiger partial charge >= 0.3 is 10.4 Å². The van der Waals surface area contributed by atoms with Crippen LogP contribution in [0.3, 0.4) is 0 Å². The van der Waals surface area contributed by atoms with Gasteiger partial charge in [-0.3, -0.25) is 14.0 Å². The summed E-state index contributed by atoms with van der Waals surface area (Å²) < 4.78 is 31.6. The van der Waals surface area contributed by atoms with E-state index in [2.05, 4.69) is 49.6 Å². The number of rotatable bonds is 5. The molecule has 0 heterocycles. The minimum absolute atomic E-state index is 0.969. The fourth-order valence-corrected chi connectivity index (χ4v) is 1.48. The highest BCUT2D eigenvalue weighted by Crippen LogP contribution is 2.12. The number of hydrogen-bond acceptors (Lipinski definition) is 3. The second-order valence-electron chi connectivity index (χ2n) is 3.88. The van der Waals surface area contributed by atoms with E-state index in [1.807, 2.05) is 6.07 Å². The molecule has 1 rings (SSSR count). The highest BCUT2D eigenvalue weighted by Gasteiger charge is 2.03. The second kappa shape index (κ2) is 8.82. The molecule has 0 amide bonds. The van der Waals surface area contributed by atoms with E-state index in [1.54, 1.807) is 0 Å². The lowest BCUT2D eigenvalue weighted by molar-refractivity contribution is 0.342. The van der Waals surface area contributed by atoms with Crippen LogP contribution in [0.5, 0.6) is 0 Å². The molecule has 6 heteroatoms. The molecule has 0 aliphatic carbocycles. The van der Waals surface area contributed by atoms with Crippen LogP contribution < -0.4 is 0 Å². The van der Waals surface area contributed by atoms with Crippen LogP contribution in [0, 0.1) is 0 Å². The lowest BCUT2D eigenvalue weighted by Crippen LogP contribution is -2.24. The topological polar surface area (TPSA) is 77.8 Å². The molecule has 5 nitrogen and oxygen atoms in total. The highest BCUT2D eigenvalue weighted by molar-refractivity contribution is 7.79. The number of benzene rings is 1. The first-order valence-corrected chi connectivity index (χ1v) is 7.33. The molecule has 0 aliphatic rings. The normalized spacial score (nSPS) is 10.8. The molecule has 0 spiro atoms. The van der Waals surface area contributed by atoms with Crippen LogP contribution in [0.2, 0.25) is 0 Å². The molecule has 0 radical (unpaired) electrons. The fourth-order valence-electron chi connectivity index (χ4n) is 1.48. The molecule has 0 bridgehead atoms. The lowest BCUT2D eigenvalue weighted by atomic mass is 10.1. The van der Waals surface area contributed by atoms with Crippen molar-refractivity contribution in [1.82, 2.24) is 4.90 Å². The maximum atomic E-state index is 8.74. The summed E-state index contributed by atoms with van der Waals surface area (Å²) >= 11 is 0. The second-order valence-corrected chi connectivity index (χ2v) is 4.77. The van der Waals surface area contributed by atoms with Gasteiger partial charge in [0.25, 0.3) is 0 Å². The van der Waals surface area contributed by atoms with Crippen molar-refractivity contribution in [3.05, 3.63) is 42.5 Å². The number of likely N-dealkylation sites (N-methyl/N-ethyl adjacent to an activating group) is 1. The summed E-state index contributed by atoms with van der Waals surface area (Å²) in [5.74, 6) is 0. The molecule has 108 valence electrons. The van der Waals surface area contributed by atoms with Gasteiger partial charge in [-0.15, -0.1) is 0 Å². The minimum atomic E-state index is -4.67. The Bertz CT molecular complexity index is 459. The van der Waals surface area contributed by atoms with Crippen molar-refractivity contribution in [1.29, 1.82) is 0 Å². The lowest BCUT2D eigenvalue weighted by Gasteiger charge is -2.19. The third-order valence-corrected chi connectivity index (χ3v) is 2.49. The number of hydrogen-bond donors (Lipinski definition) is 2. The smallest absolute Gasteiger partial charge is 0.300 e. The first kappa shape index (κ1) is 17.8. The first-order valence-electron chi connectivity index (χ1n) is 5.93. The van der Waals surface area contributed by atoms with Crippen LogP contribution >= 0.6 is 0 Å². The average Bonchev–Trinajstić information content (AvgIpc) is 2.34. The van der Waals surface area contributed by atoms with Crippen LogP contribution in [-0.4, -0.2) is 42.1 Å². The van der Waals surface area contributed by atoms with Gasteiger partial charge in [-0.2, -0.15) is 8.42 Å². The molecule has 19 heavy (non-hydrogen) atoms. The van der Waals surface area contributed by atoms with Crippen molar-refractivity contribution in [2.45, 2.75) is 13.8 Å². The average molecular weight is 287 g/mol. The van der Waals surface area contributed by atoms with Crippen molar-refractivity contribution in [2.75, 3.05) is 19.6 Å². The molecule has 0 aromatic heterocycles. The van der Waals surface area contributed by atoms with Gasteiger partial charge in [-0.25, -0.2) is 0 Å². The summed E-state index contributed by atoms with van der Waals surface area (Å²) in [5, 5.41) is 0. The van der Waals surface area contributed by atoms with Gasteiger partial charge in [0.2, 0.25) is 0 Å². The summed E-state index contributed by atoms with van der Waals surface area (Å²) in [6, 6.07) is 10.4.